The maximum Gasteiger partial charge on any atom is 0.306 e. The Balaban J connectivity index is 3.39. The Bertz CT molecular complexity index is 153. The summed E-state index contributed by atoms with van der Waals surface area (Å²) in [5.74, 6) is -1.69. The van der Waals surface area contributed by atoms with E-state index in [1.165, 1.54) is 6.92 Å². The highest BCUT2D eigenvalue weighted by Crippen LogP contribution is 2.01. The average molecular weight is 160 g/mol. The molecular weight excluding hydrogens is 148 g/mol. The third-order valence-corrected chi connectivity index (χ3v) is 1.28. The number of hydrogen-bond donors (Lipinski definition) is 1. The number of carboxylic acid groups (broad SMARTS) is 1. The molecule has 64 valence electrons. The van der Waals surface area contributed by atoms with Crippen LogP contribution in [0.25, 0.3) is 0 Å². The molecule has 0 aliphatic heterocycles. The van der Waals surface area contributed by atoms with Gasteiger partial charge in [0.05, 0.1) is 12.5 Å². The lowest BCUT2D eigenvalue weighted by atomic mass is 10.1. The van der Waals surface area contributed by atoms with E-state index in [-0.39, 0.29) is 12.6 Å². The van der Waals surface area contributed by atoms with E-state index in [0.29, 0.717) is 6.42 Å². The Hall–Kier alpha value is -1.06. The van der Waals surface area contributed by atoms with Crippen molar-refractivity contribution in [2.75, 3.05) is 6.61 Å². The third-order valence-electron chi connectivity index (χ3n) is 1.28. The summed E-state index contributed by atoms with van der Waals surface area (Å²) in [4.78, 5) is 20.5. The normalized spacial score (nSPS) is 12.2. The summed E-state index contributed by atoms with van der Waals surface area (Å²) in [7, 11) is 0. The standard InChI is InChI=1S/C7H12O4/c1-5(7(9)10)3-4-11-6(2)8/h5H,3-4H2,1-2H3,(H,9,10). The van der Waals surface area contributed by atoms with Gasteiger partial charge < -0.3 is 9.84 Å². The predicted molar refractivity (Wildman–Crippen MR) is 38.0 cm³/mol. The number of carbonyl (C=O) groups is 2. The van der Waals surface area contributed by atoms with Crippen LogP contribution in [0.15, 0.2) is 0 Å². The number of rotatable bonds is 4. The molecule has 0 radical (unpaired) electrons. The molecule has 4 nitrogen and oxygen atoms in total. The maximum absolute atomic E-state index is 10.2. The van der Waals surface area contributed by atoms with Gasteiger partial charge in [0.15, 0.2) is 0 Å². The van der Waals surface area contributed by atoms with E-state index in [0.717, 1.165) is 0 Å². The third kappa shape index (κ3) is 5.39. The number of ether oxygens (including phenoxy) is 1. The molecule has 0 spiro atoms. The number of hydrogen-bond acceptors (Lipinski definition) is 3. The highest BCUT2D eigenvalue weighted by atomic mass is 16.5. The Kier molecular flexibility index (Phi) is 4.26. The highest BCUT2D eigenvalue weighted by molar-refractivity contribution is 5.69. The van der Waals surface area contributed by atoms with Crippen molar-refractivity contribution in [2.45, 2.75) is 20.3 Å². The average Bonchev–Trinajstić information content (AvgIpc) is 1.86. The largest absolute Gasteiger partial charge is 0.481 e. The minimum atomic E-state index is -0.864. The Morgan fingerprint density at radius 3 is 2.45 bits per heavy atom. The molecule has 0 bridgehead atoms. The predicted octanol–water partition coefficient (Wildman–Crippen LogP) is 0.660. The molecular formula is C7H12O4. The molecule has 0 saturated heterocycles. The summed E-state index contributed by atoms with van der Waals surface area (Å²) >= 11 is 0. The van der Waals surface area contributed by atoms with Crippen molar-refractivity contribution in [3.8, 4) is 0 Å². The zero-order chi connectivity index (χ0) is 8.85. The second kappa shape index (κ2) is 4.71. The van der Waals surface area contributed by atoms with Crippen LogP contribution in [0.1, 0.15) is 20.3 Å². The van der Waals surface area contributed by atoms with Gasteiger partial charge in [-0.25, -0.2) is 0 Å². The molecule has 0 amide bonds. The van der Waals surface area contributed by atoms with Gasteiger partial charge in [0, 0.05) is 6.92 Å². The molecule has 0 aliphatic rings. The second-order valence-corrected chi connectivity index (χ2v) is 2.37. The summed E-state index contributed by atoms with van der Waals surface area (Å²) in [5, 5.41) is 8.41. The van der Waals surface area contributed by atoms with Gasteiger partial charge in [-0.3, -0.25) is 9.59 Å². The topological polar surface area (TPSA) is 63.6 Å². The molecule has 0 aromatic carbocycles. The molecule has 1 unspecified atom stereocenters. The van der Waals surface area contributed by atoms with Gasteiger partial charge in [-0.2, -0.15) is 0 Å². The second-order valence-electron chi connectivity index (χ2n) is 2.37. The van der Waals surface area contributed by atoms with E-state index in [9.17, 15) is 9.59 Å². The minimum absolute atomic E-state index is 0.183. The first-order valence-corrected chi connectivity index (χ1v) is 3.40. The minimum Gasteiger partial charge on any atom is -0.481 e. The van der Waals surface area contributed by atoms with Gasteiger partial charge in [0.1, 0.15) is 0 Å². The van der Waals surface area contributed by atoms with Gasteiger partial charge in [-0.05, 0) is 6.42 Å². The van der Waals surface area contributed by atoms with Crippen molar-refractivity contribution in [1.29, 1.82) is 0 Å². The van der Waals surface area contributed by atoms with Crippen molar-refractivity contribution < 1.29 is 19.4 Å². The van der Waals surface area contributed by atoms with E-state index < -0.39 is 11.9 Å². The van der Waals surface area contributed by atoms with Crippen molar-refractivity contribution in [3.05, 3.63) is 0 Å². The lowest BCUT2D eigenvalue weighted by Crippen LogP contribution is -2.13. The summed E-state index contributed by atoms with van der Waals surface area (Å²) in [6.07, 6.45) is 0.370. The van der Waals surface area contributed by atoms with E-state index in [1.807, 2.05) is 0 Å². The number of carboxylic acids is 1. The van der Waals surface area contributed by atoms with Crippen LogP contribution in [0.3, 0.4) is 0 Å². The molecule has 11 heavy (non-hydrogen) atoms. The van der Waals surface area contributed by atoms with E-state index in [1.54, 1.807) is 6.92 Å². The number of carbonyl (C=O) groups excluding carboxylic acids is 1. The maximum atomic E-state index is 10.2. The molecule has 1 N–H and O–H groups in total. The fraction of sp³-hybridized carbons (Fsp3) is 0.714. The molecule has 0 heterocycles. The van der Waals surface area contributed by atoms with E-state index in [2.05, 4.69) is 4.74 Å². The van der Waals surface area contributed by atoms with Gasteiger partial charge in [0.25, 0.3) is 0 Å². The number of aliphatic carboxylic acids is 1. The van der Waals surface area contributed by atoms with Crippen molar-refractivity contribution in [3.63, 3.8) is 0 Å². The van der Waals surface area contributed by atoms with E-state index in [4.69, 9.17) is 5.11 Å². The van der Waals surface area contributed by atoms with Crippen LogP contribution in [0.5, 0.6) is 0 Å². The zero-order valence-corrected chi connectivity index (χ0v) is 6.66. The monoisotopic (exact) mass is 160 g/mol. The van der Waals surface area contributed by atoms with Crippen molar-refractivity contribution >= 4 is 11.9 Å². The van der Waals surface area contributed by atoms with Crippen LogP contribution in [0, 0.1) is 5.92 Å². The van der Waals surface area contributed by atoms with Crippen molar-refractivity contribution in [2.24, 2.45) is 5.92 Å². The van der Waals surface area contributed by atoms with Gasteiger partial charge >= 0.3 is 11.9 Å². The Labute approximate surface area is 65.2 Å². The lowest BCUT2D eigenvalue weighted by Gasteiger charge is -2.04. The molecule has 0 fully saturated rings. The Morgan fingerprint density at radius 1 is 1.55 bits per heavy atom. The molecule has 0 rings (SSSR count). The first kappa shape index (κ1) is 9.94. The molecule has 0 aliphatic carbocycles. The molecule has 0 aromatic heterocycles. The summed E-state index contributed by atoms with van der Waals surface area (Å²) < 4.78 is 4.56. The molecule has 0 aromatic rings. The summed E-state index contributed by atoms with van der Waals surface area (Å²) in [6, 6.07) is 0. The fourth-order valence-corrected chi connectivity index (χ4v) is 0.503. The van der Waals surface area contributed by atoms with E-state index >= 15 is 0 Å². The van der Waals surface area contributed by atoms with Gasteiger partial charge in [0.2, 0.25) is 0 Å². The SMILES string of the molecule is CC(=O)OCCC(C)C(=O)O. The fourth-order valence-electron chi connectivity index (χ4n) is 0.503. The highest BCUT2D eigenvalue weighted by Gasteiger charge is 2.10. The smallest absolute Gasteiger partial charge is 0.306 e. The van der Waals surface area contributed by atoms with Gasteiger partial charge in [-0.1, -0.05) is 6.92 Å². The first-order chi connectivity index (χ1) is 5.04. The molecule has 1 atom stereocenters. The molecule has 0 saturated carbocycles. The zero-order valence-electron chi connectivity index (χ0n) is 6.66. The van der Waals surface area contributed by atoms with Crippen LogP contribution in [-0.2, 0) is 14.3 Å². The lowest BCUT2D eigenvalue weighted by molar-refractivity contribution is -0.146. The van der Waals surface area contributed by atoms with Gasteiger partial charge in [-0.15, -0.1) is 0 Å². The van der Waals surface area contributed by atoms with Crippen LogP contribution < -0.4 is 0 Å². The first-order valence-electron chi connectivity index (χ1n) is 3.40. The molecule has 4 heteroatoms. The van der Waals surface area contributed by atoms with Crippen LogP contribution in [0.4, 0.5) is 0 Å². The number of esters is 1. The summed E-state index contributed by atoms with van der Waals surface area (Å²) in [5.41, 5.74) is 0. The Morgan fingerprint density at radius 2 is 2.09 bits per heavy atom. The van der Waals surface area contributed by atoms with Crippen molar-refractivity contribution in [1.82, 2.24) is 0 Å². The van der Waals surface area contributed by atoms with Crippen LogP contribution >= 0.6 is 0 Å². The summed E-state index contributed by atoms with van der Waals surface area (Å²) in [6.45, 7) is 3.06. The van der Waals surface area contributed by atoms with Crippen LogP contribution in [-0.4, -0.2) is 23.7 Å². The quantitative estimate of drug-likeness (QED) is 0.613. The van der Waals surface area contributed by atoms with Crippen LogP contribution in [0.2, 0.25) is 0 Å².